The van der Waals surface area contributed by atoms with Gasteiger partial charge in [-0.25, -0.2) is 0 Å². The highest BCUT2D eigenvalue weighted by atomic mass is 16.6. The Morgan fingerprint density at radius 1 is 0.554 bits per heavy atom. The van der Waals surface area contributed by atoms with Crippen molar-refractivity contribution in [2.24, 2.45) is 0 Å². The molecule has 0 amide bonds. The van der Waals surface area contributed by atoms with Crippen LogP contribution in [-0.2, 0) is 53.1 Å². The van der Waals surface area contributed by atoms with Crippen LogP contribution in [-0.4, -0.2) is 113 Å². The predicted molar refractivity (Wildman–Crippen MR) is 211 cm³/mol. The molecule has 4 rings (SSSR count). The van der Waals surface area contributed by atoms with Crippen LogP contribution in [0.1, 0.15) is 58.2 Å². The second-order valence-electron chi connectivity index (χ2n) is 16.0. The summed E-state index contributed by atoms with van der Waals surface area (Å²) in [4.78, 5) is 26.5. The number of aliphatic hydroxyl groups excluding tert-OH is 3. The summed E-state index contributed by atoms with van der Waals surface area (Å²) in [5.41, 5.74) is 1.20. The Balaban J connectivity index is 1.84. The highest BCUT2D eigenvalue weighted by Crippen LogP contribution is 2.31. The quantitative estimate of drug-likeness (QED) is 0.0925. The molecular formula is C43H61N3O10. The first kappa shape index (κ1) is 44.9. The first-order valence-corrected chi connectivity index (χ1v) is 19.2. The average molecular weight is 780 g/mol. The van der Waals surface area contributed by atoms with Crippen LogP contribution in [0.5, 0.6) is 0 Å². The SMILES string of the molecule is CC(C)(C)OC(=O)CN[C@@H]1[C@H](OCc2ccccc2)[C@H](NCC(=O)OC(C)(C)C)[C@H](OCc2ccccc2)[C@H](NC[C@H](O)[C@H](O)CO)[C@@H]1OCc1ccccc1. The third-order valence-corrected chi connectivity index (χ3v) is 8.98. The van der Waals surface area contributed by atoms with E-state index in [-0.39, 0.29) is 39.5 Å². The molecule has 3 aromatic carbocycles. The Hall–Kier alpha value is -3.76. The molecule has 6 N–H and O–H groups in total. The molecule has 8 atom stereocenters. The van der Waals surface area contributed by atoms with Gasteiger partial charge in [-0.2, -0.15) is 0 Å². The van der Waals surface area contributed by atoms with Crippen molar-refractivity contribution >= 4 is 11.9 Å². The van der Waals surface area contributed by atoms with Crippen LogP contribution in [0.4, 0.5) is 0 Å². The van der Waals surface area contributed by atoms with E-state index in [9.17, 15) is 24.9 Å². The van der Waals surface area contributed by atoms with Crippen molar-refractivity contribution < 1.29 is 48.6 Å². The standard InChI is InChI=1S/C43H61N3O10/c1-42(2,3)55-34(50)23-45-37-39(52-26-29-16-10-7-11-17-29)36(44-22-32(48)33(49)25-47)40(53-27-30-18-12-8-13-19-30)38(46-24-35(51)56-43(4,5)6)41(37)54-28-31-20-14-9-15-21-31/h7-21,32-33,36-41,44-49H,22-28H2,1-6H3/t32-,33+,36-,37+,38-,39+,40-,41+/m0/s1. The highest BCUT2D eigenvalue weighted by Gasteiger charge is 2.53. The zero-order valence-corrected chi connectivity index (χ0v) is 33.4. The van der Waals surface area contributed by atoms with Gasteiger partial charge >= 0.3 is 11.9 Å². The molecular weight excluding hydrogens is 718 g/mol. The lowest BCUT2D eigenvalue weighted by molar-refractivity contribution is -0.171. The van der Waals surface area contributed by atoms with Gasteiger partial charge in [-0.15, -0.1) is 0 Å². The van der Waals surface area contributed by atoms with Gasteiger partial charge in [0.05, 0.1) is 82.1 Å². The number of aliphatic hydroxyl groups is 3. The van der Waals surface area contributed by atoms with Crippen molar-refractivity contribution in [2.75, 3.05) is 26.2 Å². The van der Waals surface area contributed by atoms with Crippen LogP contribution in [0.2, 0.25) is 0 Å². The van der Waals surface area contributed by atoms with Crippen LogP contribution >= 0.6 is 0 Å². The highest BCUT2D eigenvalue weighted by molar-refractivity contribution is 5.72. The van der Waals surface area contributed by atoms with Crippen molar-refractivity contribution in [2.45, 2.75) is 121 Å². The molecule has 0 bridgehead atoms. The van der Waals surface area contributed by atoms with Crippen molar-refractivity contribution in [3.8, 4) is 0 Å². The third kappa shape index (κ3) is 15.0. The number of rotatable bonds is 20. The van der Waals surface area contributed by atoms with Crippen LogP contribution in [0.25, 0.3) is 0 Å². The molecule has 0 aliphatic heterocycles. The average Bonchev–Trinajstić information content (AvgIpc) is 3.15. The summed E-state index contributed by atoms with van der Waals surface area (Å²) >= 11 is 0. The topological polar surface area (TPSA) is 177 Å². The first-order chi connectivity index (χ1) is 26.6. The molecule has 1 fully saturated rings. The number of nitrogens with one attached hydrogen (secondary N) is 3. The van der Waals surface area contributed by atoms with E-state index in [0.29, 0.717) is 0 Å². The Bertz CT molecular complexity index is 1500. The lowest BCUT2D eigenvalue weighted by Crippen LogP contribution is -2.75. The molecule has 3 aromatic rings. The number of benzene rings is 3. The molecule has 0 radical (unpaired) electrons. The third-order valence-electron chi connectivity index (χ3n) is 8.98. The second kappa shape index (κ2) is 21.7. The predicted octanol–water partition coefficient (Wildman–Crippen LogP) is 3.03. The van der Waals surface area contributed by atoms with Crippen LogP contribution in [0, 0.1) is 0 Å². The summed E-state index contributed by atoms with van der Waals surface area (Å²) in [6.45, 7) is 10.1. The molecule has 0 spiro atoms. The Morgan fingerprint density at radius 3 is 1.18 bits per heavy atom. The van der Waals surface area contributed by atoms with Crippen molar-refractivity contribution in [3.63, 3.8) is 0 Å². The normalized spacial score (nSPS) is 22.6. The second-order valence-corrected chi connectivity index (χ2v) is 16.0. The van der Waals surface area contributed by atoms with Crippen LogP contribution < -0.4 is 16.0 Å². The molecule has 0 heterocycles. The van der Waals surface area contributed by atoms with E-state index in [2.05, 4.69) is 16.0 Å². The Kier molecular flexibility index (Phi) is 17.4. The molecule has 13 nitrogen and oxygen atoms in total. The monoisotopic (exact) mass is 779 g/mol. The summed E-state index contributed by atoms with van der Waals surface area (Å²) in [5, 5.41) is 41.0. The Labute approximate surface area is 331 Å². The smallest absolute Gasteiger partial charge is 0.320 e. The van der Waals surface area contributed by atoms with Gasteiger partial charge in [0.2, 0.25) is 0 Å². The molecule has 1 aliphatic carbocycles. The molecule has 13 heteroatoms. The van der Waals surface area contributed by atoms with Crippen molar-refractivity contribution in [3.05, 3.63) is 108 Å². The molecule has 56 heavy (non-hydrogen) atoms. The maximum atomic E-state index is 13.3. The number of hydrogen-bond donors (Lipinski definition) is 6. The van der Waals surface area contributed by atoms with Gasteiger partial charge in [-0.05, 0) is 58.2 Å². The van der Waals surface area contributed by atoms with Gasteiger partial charge in [0.25, 0.3) is 0 Å². The first-order valence-electron chi connectivity index (χ1n) is 19.2. The van der Waals surface area contributed by atoms with E-state index in [1.165, 1.54) is 0 Å². The van der Waals surface area contributed by atoms with E-state index in [1.807, 2.05) is 91.0 Å². The van der Waals surface area contributed by atoms with E-state index in [1.54, 1.807) is 41.5 Å². The molecule has 0 unspecified atom stereocenters. The van der Waals surface area contributed by atoms with Gasteiger partial charge in [0.1, 0.15) is 17.3 Å². The van der Waals surface area contributed by atoms with Gasteiger partial charge in [-0.1, -0.05) is 91.0 Å². The summed E-state index contributed by atoms with van der Waals surface area (Å²) < 4.78 is 31.8. The minimum absolute atomic E-state index is 0.157. The fourth-order valence-corrected chi connectivity index (χ4v) is 6.52. The fraction of sp³-hybridized carbons (Fsp3) is 0.535. The zero-order chi connectivity index (χ0) is 40.7. The van der Waals surface area contributed by atoms with E-state index in [0.717, 1.165) is 16.7 Å². The zero-order valence-electron chi connectivity index (χ0n) is 33.4. The van der Waals surface area contributed by atoms with E-state index in [4.69, 9.17) is 23.7 Å². The van der Waals surface area contributed by atoms with Crippen LogP contribution in [0.3, 0.4) is 0 Å². The van der Waals surface area contributed by atoms with Gasteiger partial charge in [0, 0.05) is 6.54 Å². The summed E-state index contributed by atoms with van der Waals surface area (Å²) in [6.07, 6.45) is -5.18. The molecule has 308 valence electrons. The Morgan fingerprint density at radius 2 is 0.875 bits per heavy atom. The van der Waals surface area contributed by atoms with Crippen LogP contribution in [0.15, 0.2) is 91.0 Å². The van der Waals surface area contributed by atoms with E-state index < -0.39 is 78.4 Å². The van der Waals surface area contributed by atoms with Gasteiger partial charge in [0.15, 0.2) is 0 Å². The fourth-order valence-electron chi connectivity index (χ4n) is 6.52. The molecule has 0 saturated heterocycles. The number of carbonyl (C=O) groups is 2. The van der Waals surface area contributed by atoms with Gasteiger partial charge in [-0.3, -0.25) is 20.2 Å². The number of esters is 2. The molecule has 1 aliphatic rings. The van der Waals surface area contributed by atoms with Gasteiger partial charge < -0.3 is 44.3 Å². The number of ether oxygens (including phenoxy) is 5. The minimum Gasteiger partial charge on any atom is -0.459 e. The van der Waals surface area contributed by atoms with Crippen molar-refractivity contribution in [1.29, 1.82) is 0 Å². The minimum atomic E-state index is -1.41. The van der Waals surface area contributed by atoms with E-state index >= 15 is 0 Å². The maximum absolute atomic E-state index is 13.3. The molecule has 1 saturated carbocycles. The lowest BCUT2D eigenvalue weighted by atomic mass is 9.78. The summed E-state index contributed by atoms with van der Waals surface area (Å²) in [7, 11) is 0. The summed E-state index contributed by atoms with van der Waals surface area (Å²) in [6, 6.07) is 26.6. The summed E-state index contributed by atoms with van der Waals surface area (Å²) in [5.74, 6) is -0.985. The lowest BCUT2D eigenvalue weighted by Gasteiger charge is -2.51. The number of hydrogen-bond acceptors (Lipinski definition) is 13. The van der Waals surface area contributed by atoms with Crippen molar-refractivity contribution in [1.82, 2.24) is 16.0 Å². The maximum Gasteiger partial charge on any atom is 0.320 e. The molecule has 0 aromatic heterocycles. The number of carbonyl (C=O) groups excluding carboxylic acids is 2. The largest absolute Gasteiger partial charge is 0.459 e.